The fraction of sp³-hybridized carbons (Fsp3) is 0.926. The summed E-state index contributed by atoms with van der Waals surface area (Å²) in [6.07, 6.45) is 3.17. The Morgan fingerprint density at radius 1 is 0.632 bits per heavy atom. The molecule has 1 aliphatic carbocycles. The van der Waals surface area contributed by atoms with Crippen LogP contribution < -0.4 is 0 Å². The molecule has 6 N–H and O–H groups in total. The first-order valence-electron chi connectivity index (χ1n) is 26.3. The third-order valence-electron chi connectivity index (χ3n) is 14.9. The van der Waals surface area contributed by atoms with Gasteiger partial charge in [-0.2, -0.15) is 0 Å². The van der Waals surface area contributed by atoms with Crippen molar-refractivity contribution in [1.82, 2.24) is 0 Å². The van der Waals surface area contributed by atoms with Crippen molar-refractivity contribution < 1.29 is 68.8 Å². The van der Waals surface area contributed by atoms with E-state index >= 15 is 0 Å². The topological polar surface area (TPSA) is 227 Å². The zero-order valence-corrected chi connectivity index (χ0v) is 45.0. The van der Waals surface area contributed by atoms with Crippen LogP contribution >= 0.6 is 0 Å². The van der Waals surface area contributed by atoms with Crippen molar-refractivity contribution in [3.05, 3.63) is 0 Å². The van der Waals surface area contributed by atoms with Crippen LogP contribution in [-0.2, 0) is 38.1 Å². The van der Waals surface area contributed by atoms with Crippen molar-refractivity contribution in [2.45, 2.75) is 259 Å². The molecule has 0 aromatic rings. The summed E-state index contributed by atoms with van der Waals surface area (Å²) in [4.78, 5) is 49.7. The van der Waals surface area contributed by atoms with Crippen LogP contribution in [-0.4, -0.2) is 115 Å². The Balaban J connectivity index is 3.97. The Morgan fingerprint density at radius 3 is 1.35 bits per heavy atom. The van der Waals surface area contributed by atoms with E-state index in [1.54, 1.807) is 6.92 Å². The first kappa shape index (κ1) is 63.7. The molecule has 400 valence electrons. The number of hydrogen-bond donors (Lipinski definition) is 6. The smallest absolute Gasteiger partial charge is 0.309 e. The minimum atomic E-state index is -1.66. The van der Waals surface area contributed by atoms with Crippen molar-refractivity contribution in [3.63, 3.8) is 0 Å². The quantitative estimate of drug-likeness (QED) is 0.0393. The van der Waals surface area contributed by atoms with Crippen LogP contribution in [0.2, 0.25) is 0 Å². The molecular formula is C54H100O14. The van der Waals surface area contributed by atoms with E-state index in [9.17, 15) is 49.8 Å². The van der Waals surface area contributed by atoms with Crippen LogP contribution in [0.5, 0.6) is 0 Å². The molecule has 1 saturated carbocycles. The Morgan fingerprint density at radius 2 is 1.01 bits per heavy atom. The van der Waals surface area contributed by atoms with Gasteiger partial charge in [-0.15, -0.1) is 0 Å². The van der Waals surface area contributed by atoms with Gasteiger partial charge < -0.3 is 49.6 Å². The molecule has 0 radical (unpaired) electrons. The van der Waals surface area contributed by atoms with Crippen molar-refractivity contribution in [2.24, 2.45) is 47.3 Å². The fourth-order valence-electron chi connectivity index (χ4n) is 10.1. The highest BCUT2D eigenvalue weighted by Gasteiger charge is 2.50. The Bertz CT molecular complexity index is 1480. The number of hydrogen-bond acceptors (Lipinski definition) is 14. The Labute approximate surface area is 411 Å². The first-order valence-corrected chi connectivity index (χ1v) is 26.3. The predicted molar refractivity (Wildman–Crippen MR) is 264 cm³/mol. The van der Waals surface area contributed by atoms with Crippen molar-refractivity contribution in [3.8, 4) is 0 Å². The molecule has 13 atom stereocenters. The number of aliphatic hydroxyl groups excluding tert-OH is 2. The second kappa shape index (κ2) is 29.9. The zero-order valence-electron chi connectivity index (χ0n) is 45.0. The highest BCUT2D eigenvalue weighted by Crippen LogP contribution is 2.49. The Kier molecular flexibility index (Phi) is 27.9. The van der Waals surface area contributed by atoms with Crippen LogP contribution in [0.3, 0.4) is 0 Å². The van der Waals surface area contributed by atoms with Crippen LogP contribution in [0, 0.1) is 47.3 Å². The molecule has 0 heterocycles. The van der Waals surface area contributed by atoms with E-state index in [1.165, 1.54) is 27.7 Å². The summed E-state index contributed by atoms with van der Waals surface area (Å²) in [5, 5.41) is 74.3. The SMILES string of the molecule is CC[C@@H](C)C(=O)O[C@H](COC(C)=O)[C@@](C)(O)CCC[C@@]1(O)CC[C@@H](O)[C@H](C)CCCC[C@@H](C)[C@H](O)CC[C@@](O)(CCC[C@@](C)(O)[C@H](COC(C)=O)OC(=O)CC(C)C)[C@H](CC(C)C)[C@@H]1CC(C)C. The van der Waals surface area contributed by atoms with Gasteiger partial charge in [0.25, 0.3) is 0 Å². The van der Waals surface area contributed by atoms with Crippen LogP contribution in [0.4, 0.5) is 0 Å². The van der Waals surface area contributed by atoms with E-state index in [-0.39, 0.29) is 101 Å². The number of aliphatic hydroxyl groups is 6. The largest absolute Gasteiger partial charge is 0.462 e. The van der Waals surface area contributed by atoms with Crippen LogP contribution in [0.15, 0.2) is 0 Å². The molecule has 0 saturated heterocycles. The molecule has 0 aromatic heterocycles. The highest BCUT2D eigenvalue weighted by molar-refractivity contribution is 5.72. The van der Waals surface area contributed by atoms with Gasteiger partial charge in [-0.05, 0) is 152 Å². The lowest BCUT2D eigenvalue weighted by atomic mass is 9.60. The molecule has 1 rings (SSSR count). The predicted octanol–water partition coefficient (Wildman–Crippen LogP) is 8.79. The van der Waals surface area contributed by atoms with Gasteiger partial charge in [0.1, 0.15) is 24.4 Å². The summed E-state index contributed by atoms with van der Waals surface area (Å²) in [5.74, 6) is -3.74. The minimum Gasteiger partial charge on any atom is -0.462 e. The molecule has 14 nitrogen and oxygen atoms in total. The molecule has 1 fully saturated rings. The number of ether oxygens (including phenoxy) is 4. The average Bonchev–Trinajstić information content (AvgIpc) is 3.22. The maximum absolute atomic E-state index is 13.5. The molecule has 0 bridgehead atoms. The number of carbonyl (C=O) groups excluding carboxylic acids is 4. The Hall–Kier alpha value is -2.36. The van der Waals surface area contributed by atoms with Gasteiger partial charge in [0.15, 0.2) is 12.2 Å². The van der Waals surface area contributed by atoms with E-state index in [0.717, 1.165) is 25.7 Å². The number of rotatable bonds is 24. The maximum Gasteiger partial charge on any atom is 0.309 e. The molecule has 68 heavy (non-hydrogen) atoms. The molecule has 0 spiro atoms. The number of carbonyl (C=O) groups is 4. The third kappa shape index (κ3) is 22.8. The van der Waals surface area contributed by atoms with E-state index in [1.807, 2.05) is 34.6 Å². The highest BCUT2D eigenvalue weighted by atomic mass is 16.6. The van der Waals surface area contributed by atoms with Gasteiger partial charge in [0, 0.05) is 20.3 Å². The summed E-state index contributed by atoms with van der Waals surface area (Å²) in [6.45, 7) is 24.5. The van der Waals surface area contributed by atoms with Gasteiger partial charge in [-0.25, -0.2) is 0 Å². The van der Waals surface area contributed by atoms with Crippen molar-refractivity contribution in [1.29, 1.82) is 0 Å². The second-order valence-electron chi connectivity index (χ2n) is 23.0. The van der Waals surface area contributed by atoms with Gasteiger partial charge >= 0.3 is 23.9 Å². The molecule has 0 aromatic carbocycles. The normalized spacial score (nSPS) is 29.0. The minimum absolute atomic E-state index is 0.00343. The molecular weight excluding hydrogens is 873 g/mol. The molecule has 0 amide bonds. The van der Waals surface area contributed by atoms with E-state index in [0.29, 0.717) is 32.1 Å². The van der Waals surface area contributed by atoms with Gasteiger partial charge in [-0.1, -0.05) is 82.1 Å². The van der Waals surface area contributed by atoms with Crippen molar-refractivity contribution >= 4 is 23.9 Å². The van der Waals surface area contributed by atoms with Crippen molar-refractivity contribution in [2.75, 3.05) is 13.2 Å². The molecule has 0 unspecified atom stereocenters. The lowest BCUT2D eigenvalue weighted by Crippen LogP contribution is -2.53. The molecule has 14 heteroatoms. The molecule has 1 aliphatic rings. The maximum atomic E-state index is 13.5. The van der Waals surface area contributed by atoms with Crippen LogP contribution in [0.25, 0.3) is 0 Å². The van der Waals surface area contributed by atoms with E-state index in [2.05, 4.69) is 27.7 Å². The standard InChI is InChI=1S/C54H100O14/c1-15-38(8)50(60)68-48(34-66-42(12)56)52(14,62)25-19-27-54(64)29-23-46(58)40(10)21-17-16-20-39(9)45(57)22-28-53(63,43(30-35(2)3)44(54)31-36(4)5)26-18-24-51(13,61)47(33-65-41(11)55)67-49(59)32-37(6)7/h35-40,43-48,57-58,61-64H,15-34H2,1-14H3/t38-,39-,40-,43-,44+,45-,46-,47+,48-,51-,52+,53+,54-/m1/s1. The lowest BCUT2D eigenvalue weighted by Gasteiger charge is -2.50. The summed E-state index contributed by atoms with van der Waals surface area (Å²) in [7, 11) is 0. The van der Waals surface area contributed by atoms with Gasteiger partial charge in [0.2, 0.25) is 0 Å². The fourth-order valence-corrected chi connectivity index (χ4v) is 10.1. The first-order chi connectivity index (χ1) is 31.4. The van der Waals surface area contributed by atoms with Gasteiger partial charge in [0.05, 0.1) is 29.3 Å². The number of esters is 4. The average molecular weight is 973 g/mol. The van der Waals surface area contributed by atoms with Crippen LogP contribution in [0.1, 0.15) is 213 Å². The monoisotopic (exact) mass is 973 g/mol. The van der Waals surface area contributed by atoms with E-state index in [4.69, 9.17) is 18.9 Å². The van der Waals surface area contributed by atoms with E-state index < -0.39 is 88.5 Å². The molecule has 0 aliphatic heterocycles. The summed E-state index contributed by atoms with van der Waals surface area (Å²) < 4.78 is 22.0. The summed E-state index contributed by atoms with van der Waals surface area (Å²) >= 11 is 0. The summed E-state index contributed by atoms with van der Waals surface area (Å²) in [5.41, 5.74) is -6.28. The van der Waals surface area contributed by atoms with Gasteiger partial charge in [-0.3, -0.25) is 19.2 Å². The second-order valence-corrected chi connectivity index (χ2v) is 23.0. The third-order valence-corrected chi connectivity index (χ3v) is 14.9. The lowest BCUT2D eigenvalue weighted by molar-refractivity contribution is -0.180. The zero-order chi connectivity index (χ0) is 52.2. The summed E-state index contributed by atoms with van der Waals surface area (Å²) in [6, 6.07) is 0.